The van der Waals surface area contributed by atoms with Crippen molar-refractivity contribution in [1.29, 1.82) is 0 Å². The fourth-order valence-electron chi connectivity index (χ4n) is 4.02. The summed E-state index contributed by atoms with van der Waals surface area (Å²) in [4.78, 5) is 43.4. The van der Waals surface area contributed by atoms with E-state index in [2.05, 4.69) is 15.6 Å². The van der Waals surface area contributed by atoms with Gasteiger partial charge in [-0.05, 0) is 83.4 Å². The second-order valence-corrected chi connectivity index (χ2v) is 12.2. The second kappa shape index (κ2) is 14.6. The van der Waals surface area contributed by atoms with Gasteiger partial charge in [0.1, 0.15) is 17.0 Å². The normalized spacial score (nSPS) is 12.2. The van der Waals surface area contributed by atoms with E-state index >= 15 is 0 Å². The van der Waals surface area contributed by atoms with Crippen LogP contribution in [0.25, 0.3) is 0 Å². The van der Waals surface area contributed by atoms with Crippen molar-refractivity contribution in [3.63, 3.8) is 0 Å². The summed E-state index contributed by atoms with van der Waals surface area (Å²) < 4.78 is 10.8. The molecule has 0 bridgehead atoms. The van der Waals surface area contributed by atoms with Crippen LogP contribution in [0.15, 0.2) is 72.8 Å². The maximum atomic E-state index is 12.9. The summed E-state index contributed by atoms with van der Waals surface area (Å²) in [7, 11) is 0. The van der Waals surface area contributed by atoms with Crippen molar-refractivity contribution in [3.05, 3.63) is 89.6 Å². The van der Waals surface area contributed by atoms with E-state index < -0.39 is 29.5 Å². The van der Waals surface area contributed by atoms with Gasteiger partial charge in [0.2, 0.25) is 5.91 Å². The third kappa shape index (κ3) is 12.1. The van der Waals surface area contributed by atoms with Gasteiger partial charge in [-0.3, -0.25) is 10.1 Å². The van der Waals surface area contributed by atoms with Gasteiger partial charge in [0.05, 0.1) is 24.8 Å². The van der Waals surface area contributed by atoms with Crippen LogP contribution in [0.3, 0.4) is 0 Å². The number of nitrogens with one attached hydrogen (secondary N) is 2. The summed E-state index contributed by atoms with van der Waals surface area (Å²) in [6, 6.07) is 21.5. The van der Waals surface area contributed by atoms with Crippen LogP contribution in [0, 0.1) is 0 Å². The molecule has 2 aromatic carbocycles. The summed E-state index contributed by atoms with van der Waals surface area (Å²) in [6.07, 6.45) is -1.43. The lowest BCUT2D eigenvalue weighted by molar-refractivity contribution is -0.115. The Bertz CT molecular complexity index is 1360. The topological polar surface area (TPSA) is 130 Å². The molecule has 0 saturated carbocycles. The Morgan fingerprint density at radius 3 is 2.12 bits per heavy atom. The predicted octanol–water partition coefficient (Wildman–Crippen LogP) is 6.12. The molecular formula is C33H42N4O6. The van der Waals surface area contributed by atoms with Gasteiger partial charge < -0.3 is 24.8 Å². The minimum Gasteiger partial charge on any atom is -0.444 e. The molecular weight excluding hydrogens is 548 g/mol. The zero-order chi connectivity index (χ0) is 31.6. The van der Waals surface area contributed by atoms with Gasteiger partial charge >= 0.3 is 12.2 Å². The van der Waals surface area contributed by atoms with Crippen LogP contribution in [0.4, 0.5) is 21.1 Å². The molecule has 3 amide bonds. The van der Waals surface area contributed by atoms with Crippen LogP contribution in [-0.4, -0.2) is 57.4 Å². The lowest BCUT2D eigenvalue weighted by Crippen LogP contribution is -2.40. The highest BCUT2D eigenvalue weighted by molar-refractivity contribution is 5.92. The molecule has 230 valence electrons. The van der Waals surface area contributed by atoms with Gasteiger partial charge in [-0.2, -0.15) is 0 Å². The molecule has 3 N–H and O–H groups in total. The predicted molar refractivity (Wildman–Crippen MR) is 166 cm³/mol. The van der Waals surface area contributed by atoms with E-state index in [-0.39, 0.29) is 18.9 Å². The molecule has 1 heterocycles. The number of aliphatic hydroxyl groups is 1. The molecule has 10 nitrogen and oxygen atoms in total. The van der Waals surface area contributed by atoms with Crippen LogP contribution in [0.2, 0.25) is 0 Å². The molecule has 0 aliphatic rings. The van der Waals surface area contributed by atoms with Crippen LogP contribution in [0.1, 0.15) is 64.5 Å². The van der Waals surface area contributed by atoms with E-state index in [0.717, 1.165) is 11.1 Å². The lowest BCUT2D eigenvalue weighted by atomic mass is 10.1. The Labute approximate surface area is 253 Å². The number of amides is 3. The summed E-state index contributed by atoms with van der Waals surface area (Å²) in [6.45, 7) is 11.1. The first-order chi connectivity index (χ1) is 20.2. The van der Waals surface area contributed by atoms with Crippen LogP contribution < -0.4 is 10.6 Å². The Hall–Kier alpha value is -4.44. The number of ether oxygens (including phenoxy) is 2. The van der Waals surface area contributed by atoms with E-state index in [4.69, 9.17) is 9.47 Å². The number of rotatable bonds is 10. The molecule has 3 rings (SSSR count). The highest BCUT2D eigenvalue weighted by Gasteiger charge is 2.24. The average Bonchev–Trinajstić information content (AvgIpc) is 2.90. The number of benzene rings is 2. The molecule has 3 aromatic rings. The Morgan fingerprint density at radius 2 is 1.49 bits per heavy atom. The van der Waals surface area contributed by atoms with Crippen molar-refractivity contribution in [2.75, 3.05) is 23.7 Å². The van der Waals surface area contributed by atoms with Gasteiger partial charge in [0.25, 0.3) is 0 Å². The van der Waals surface area contributed by atoms with Gasteiger partial charge in [0.15, 0.2) is 0 Å². The van der Waals surface area contributed by atoms with Crippen molar-refractivity contribution in [2.24, 2.45) is 0 Å². The first kappa shape index (κ1) is 33.1. The molecule has 1 aromatic heterocycles. The van der Waals surface area contributed by atoms with Crippen molar-refractivity contribution in [3.8, 4) is 0 Å². The lowest BCUT2D eigenvalue weighted by Gasteiger charge is -2.29. The van der Waals surface area contributed by atoms with Gasteiger partial charge in [-0.25, -0.2) is 14.6 Å². The smallest absolute Gasteiger partial charge is 0.413 e. The molecule has 0 saturated heterocycles. The highest BCUT2D eigenvalue weighted by Crippen LogP contribution is 2.18. The Morgan fingerprint density at radius 1 is 0.837 bits per heavy atom. The molecule has 0 radical (unpaired) electrons. The molecule has 10 heteroatoms. The van der Waals surface area contributed by atoms with Crippen molar-refractivity contribution in [2.45, 2.75) is 71.7 Å². The quantitative estimate of drug-likeness (QED) is 0.259. The summed E-state index contributed by atoms with van der Waals surface area (Å²) in [5.74, 6) is 0.0290. The Balaban J connectivity index is 1.56. The number of pyridine rings is 1. The minimum absolute atomic E-state index is 0.0141. The first-order valence-electron chi connectivity index (χ1n) is 14.2. The number of carbonyl (C=O) groups is 3. The molecule has 0 aliphatic carbocycles. The van der Waals surface area contributed by atoms with Gasteiger partial charge in [-0.1, -0.05) is 48.5 Å². The van der Waals surface area contributed by atoms with Crippen LogP contribution in [-0.2, 0) is 27.1 Å². The summed E-state index contributed by atoms with van der Waals surface area (Å²) >= 11 is 0. The molecule has 1 atom stereocenters. The fourth-order valence-corrected chi connectivity index (χ4v) is 4.02. The van der Waals surface area contributed by atoms with E-state index in [1.807, 2.05) is 42.5 Å². The second-order valence-electron chi connectivity index (χ2n) is 12.2. The molecule has 0 fully saturated rings. The van der Waals surface area contributed by atoms with Gasteiger partial charge in [-0.15, -0.1) is 0 Å². The number of anilines is 2. The van der Waals surface area contributed by atoms with Crippen molar-refractivity contribution >= 4 is 29.6 Å². The molecule has 0 aliphatic heterocycles. The van der Waals surface area contributed by atoms with Crippen molar-refractivity contribution in [1.82, 2.24) is 9.88 Å². The van der Waals surface area contributed by atoms with E-state index in [1.165, 1.54) is 4.90 Å². The Kier molecular flexibility index (Phi) is 11.3. The number of nitrogens with zero attached hydrogens (tertiary/aromatic N) is 2. The number of hydrogen-bond donors (Lipinski definition) is 3. The van der Waals surface area contributed by atoms with E-state index in [9.17, 15) is 19.5 Å². The van der Waals surface area contributed by atoms with E-state index in [0.29, 0.717) is 30.2 Å². The third-order valence-electron chi connectivity index (χ3n) is 5.91. The zero-order valence-electron chi connectivity index (χ0n) is 25.7. The zero-order valence-corrected chi connectivity index (χ0v) is 25.7. The highest BCUT2D eigenvalue weighted by atomic mass is 16.6. The third-order valence-corrected chi connectivity index (χ3v) is 5.91. The summed E-state index contributed by atoms with van der Waals surface area (Å²) in [5.41, 5.74) is 1.46. The standard InChI is InChI=1S/C33H42N4O6/c1-32(2,3)42-30(40)36-28-14-10-13-26(34-28)21-29(39)35-25-17-15-23(16-18-25)19-20-37(31(41)43-33(4,5)6)22-27(38)24-11-8-7-9-12-24/h7-18,27,38H,19-22H2,1-6H3,(H,35,39)(H,34,36,40)/t27-/m0/s1. The van der Waals surface area contributed by atoms with Crippen molar-refractivity contribution < 1.29 is 29.0 Å². The van der Waals surface area contributed by atoms with E-state index in [1.54, 1.807) is 71.9 Å². The minimum atomic E-state index is -0.852. The average molecular weight is 591 g/mol. The number of carbonyl (C=O) groups excluding carboxylic acids is 3. The summed E-state index contributed by atoms with van der Waals surface area (Å²) in [5, 5.41) is 16.2. The molecule has 43 heavy (non-hydrogen) atoms. The fraction of sp³-hybridized carbons (Fsp3) is 0.394. The monoisotopic (exact) mass is 590 g/mol. The maximum Gasteiger partial charge on any atom is 0.413 e. The van der Waals surface area contributed by atoms with Crippen LogP contribution >= 0.6 is 0 Å². The van der Waals surface area contributed by atoms with Crippen LogP contribution in [0.5, 0.6) is 0 Å². The first-order valence-corrected chi connectivity index (χ1v) is 14.2. The largest absolute Gasteiger partial charge is 0.444 e. The molecule has 0 spiro atoms. The number of hydrogen-bond acceptors (Lipinski definition) is 7. The SMILES string of the molecule is CC(C)(C)OC(=O)Nc1cccc(CC(=O)Nc2ccc(CCN(C[C@H](O)c3ccccc3)C(=O)OC(C)(C)C)cc2)n1. The number of aromatic nitrogens is 1. The molecule has 0 unspecified atom stereocenters. The maximum absolute atomic E-state index is 12.9. The van der Waals surface area contributed by atoms with Gasteiger partial charge in [0, 0.05) is 12.2 Å². The number of aliphatic hydroxyl groups excluding tert-OH is 1.